The van der Waals surface area contributed by atoms with Crippen molar-refractivity contribution in [3.63, 3.8) is 0 Å². The number of carbonyl (C=O) groups excluding carboxylic acids is 1. The zero-order valence-corrected chi connectivity index (χ0v) is 13.4. The van der Waals surface area contributed by atoms with E-state index in [1.807, 2.05) is 0 Å². The smallest absolute Gasteiger partial charge is 0.224 e. The van der Waals surface area contributed by atoms with Crippen molar-refractivity contribution < 1.29 is 18.0 Å². The van der Waals surface area contributed by atoms with Crippen LogP contribution < -0.4 is 11.5 Å². The van der Waals surface area contributed by atoms with Crippen LogP contribution in [-0.2, 0) is 24.3 Å². The molecule has 3 rings (SSSR count). The Kier molecular flexibility index (Phi) is 4.46. The van der Waals surface area contributed by atoms with Gasteiger partial charge in [-0.1, -0.05) is 0 Å². The molecule has 9 heteroatoms. The lowest BCUT2D eigenvalue weighted by Crippen LogP contribution is -2.34. The first kappa shape index (κ1) is 16.7. The summed E-state index contributed by atoms with van der Waals surface area (Å²) in [7, 11) is 0. The lowest BCUT2D eigenvalue weighted by atomic mass is 10.0. The Labute approximate surface area is 140 Å². The van der Waals surface area contributed by atoms with Gasteiger partial charge in [-0.25, -0.2) is 13.2 Å². The maximum absolute atomic E-state index is 13.6. The fourth-order valence-electron chi connectivity index (χ4n) is 2.68. The number of anilines is 1. The summed E-state index contributed by atoms with van der Waals surface area (Å²) in [6.45, 7) is 0.747. The van der Waals surface area contributed by atoms with Crippen molar-refractivity contribution in [1.82, 2.24) is 9.27 Å². The number of hydrogen-bond donors (Lipinski definition) is 2. The normalized spacial score (nSPS) is 14.8. The number of hydrogen-bond acceptors (Lipinski definition) is 5. The summed E-state index contributed by atoms with van der Waals surface area (Å²) in [5, 5.41) is 0.591. The van der Waals surface area contributed by atoms with Gasteiger partial charge in [0.15, 0.2) is 11.6 Å². The first-order valence-corrected chi connectivity index (χ1v) is 8.02. The van der Waals surface area contributed by atoms with Gasteiger partial charge in [-0.05, 0) is 29.6 Å². The summed E-state index contributed by atoms with van der Waals surface area (Å²) in [6.07, 6.45) is -0.101. The van der Waals surface area contributed by atoms with E-state index in [0.29, 0.717) is 24.2 Å². The summed E-state index contributed by atoms with van der Waals surface area (Å²) in [6, 6.07) is 0.540. The van der Waals surface area contributed by atoms with Crippen LogP contribution in [0.5, 0.6) is 0 Å². The minimum absolute atomic E-state index is 0.0357. The molecule has 1 atom stereocenters. The van der Waals surface area contributed by atoms with Gasteiger partial charge in [0.05, 0.1) is 18.8 Å². The number of nitrogens with zero attached hydrogens (tertiary/aromatic N) is 2. The molecule has 2 aromatic rings. The van der Waals surface area contributed by atoms with Crippen LogP contribution in [0.15, 0.2) is 12.1 Å². The van der Waals surface area contributed by atoms with Gasteiger partial charge in [0.25, 0.3) is 0 Å². The van der Waals surface area contributed by atoms with Gasteiger partial charge in [0.1, 0.15) is 10.8 Å². The Bertz CT molecular complexity index is 795. The van der Waals surface area contributed by atoms with Crippen LogP contribution in [0.25, 0.3) is 0 Å². The topological polar surface area (TPSA) is 85.2 Å². The Morgan fingerprint density at radius 3 is 2.67 bits per heavy atom. The average molecular weight is 356 g/mol. The summed E-state index contributed by atoms with van der Waals surface area (Å²) < 4.78 is 43.9. The van der Waals surface area contributed by atoms with Crippen LogP contribution in [0.1, 0.15) is 23.2 Å². The molecule has 4 N–H and O–H groups in total. The molecule has 0 bridgehead atoms. The molecule has 1 aromatic heterocycles. The van der Waals surface area contributed by atoms with Crippen LogP contribution in [0.3, 0.4) is 0 Å². The minimum Gasteiger partial charge on any atom is -0.389 e. The molecule has 24 heavy (non-hydrogen) atoms. The van der Waals surface area contributed by atoms with E-state index >= 15 is 0 Å². The molecule has 1 amide bonds. The van der Waals surface area contributed by atoms with Gasteiger partial charge in [-0.15, -0.1) is 0 Å². The van der Waals surface area contributed by atoms with Crippen molar-refractivity contribution in [2.45, 2.75) is 32.0 Å². The van der Waals surface area contributed by atoms with Gasteiger partial charge < -0.3 is 16.4 Å². The number of fused-ring (bicyclic) bond motifs is 1. The van der Waals surface area contributed by atoms with E-state index in [-0.39, 0.29) is 24.3 Å². The van der Waals surface area contributed by atoms with Crippen molar-refractivity contribution >= 4 is 22.4 Å². The molecule has 0 saturated heterocycles. The maximum atomic E-state index is 13.6. The molecule has 0 unspecified atom stereocenters. The van der Waals surface area contributed by atoms with Gasteiger partial charge in [-0.2, -0.15) is 4.37 Å². The first-order valence-electron chi connectivity index (χ1n) is 7.24. The van der Waals surface area contributed by atoms with Crippen LogP contribution in [0.2, 0.25) is 0 Å². The second kappa shape index (κ2) is 6.40. The number of nitrogen functional groups attached to an aromatic ring is 1. The van der Waals surface area contributed by atoms with E-state index in [2.05, 4.69) is 4.37 Å². The number of nitrogens with two attached hydrogens (primary N) is 2. The number of halogens is 3. The number of aromatic nitrogens is 1. The SMILES string of the molecule is Nc1snc2c1CN(C(=O)C[C@H](N)Cc1cc(F)c(F)cc1F)C2. The first-order chi connectivity index (χ1) is 11.3. The summed E-state index contributed by atoms with van der Waals surface area (Å²) in [5.74, 6) is -3.49. The van der Waals surface area contributed by atoms with E-state index in [1.54, 1.807) is 4.90 Å². The number of amides is 1. The summed E-state index contributed by atoms with van der Waals surface area (Å²) >= 11 is 1.20. The third-order valence-corrected chi connectivity index (χ3v) is 4.71. The van der Waals surface area contributed by atoms with Crippen molar-refractivity contribution in [2.24, 2.45) is 5.73 Å². The summed E-state index contributed by atoms with van der Waals surface area (Å²) in [4.78, 5) is 13.9. The second-order valence-electron chi connectivity index (χ2n) is 5.75. The lowest BCUT2D eigenvalue weighted by molar-refractivity contribution is -0.132. The molecule has 0 radical (unpaired) electrons. The predicted octanol–water partition coefficient (Wildman–Crippen LogP) is 1.94. The summed E-state index contributed by atoms with van der Waals surface area (Å²) in [5.41, 5.74) is 13.2. The Morgan fingerprint density at radius 2 is 1.96 bits per heavy atom. The lowest BCUT2D eigenvalue weighted by Gasteiger charge is -2.19. The molecule has 1 aromatic carbocycles. The van der Waals surface area contributed by atoms with Crippen molar-refractivity contribution in [2.75, 3.05) is 5.73 Å². The maximum Gasteiger partial charge on any atom is 0.224 e. The monoisotopic (exact) mass is 356 g/mol. The zero-order chi connectivity index (χ0) is 17.4. The molecule has 0 aliphatic carbocycles. The number of carbonyl (C=O) groups is 1. The largest absolute Gasteiger partial charge is 0.389 e. The fourth-order valence-corrected chi connectivity index (χ4v) is 3.35. The molecular weight excluding hydrogens is 341 g/mol. The standard InChI is InChI=1S/C15H15F3N4OS/c16-10-4-12(18)11(17)2-7(10)1-8(19)3-14(23)22-5-9-13(6-22)21-24-15(9)20/h2,4,8H,1,3,5-6,19-20H2/t8-/m1/s1. The molecule has 5 nitrogen and oxygen atoms in total. The molecule has 1 aliphatic heterocycles. The Morgan fingerprint density at radius 1 is 1.25 bits per heavy atom. The van der Waals surface area contributed by atoms with E-state index in [1.165, 1.54) is 11.5 Å². The Balaban J connectivity index is 1.60. The van der Waals surface area contributed by atoms with Crippen LogP contribution in [0, 0.1) is 17.5 Å². The van der Waals surface area contributed by atoms with Gasteiger partial charge >= 0.3 is 0 Å². The third kappa shape index (κ3) is 3.22. The van der Waals surface area contributed by atoms with Crippen molar-refractivity contribution in [1.29, 1.82) is 0 Å². The Hall–Kier alpha value is -2.13. The highest BCUT2D eigenvalue weighted by Crippen LogP contribution is 2.30. The molecule has 128 valence electrons. The van der Waals surface area contributed by atoms with Gasteiger partial charge in [0, 0.05) is 24.1 Å². The van der Waals surface area contributed by atoms with Crippen molar-refractivity contribution in [3.05, 3.63) is 46.4 Å². The second-order valence-corrected chi connectivity index (χ2v) is 6.55. The molecular formula is C15H15F3N4OS. The zero-order valence-electron chi connectivity index (χ0n) is 12.6. The van der Waals surface area contributed by atoms with Crippen LogP contribution in [-0.4, -0.2) is 21.2 Å². The van der Waals surface area contributed by atoms with E-state index < -0.39 is 23.5 Å². The molecule has 2 heterocycles. The number of benzene rings is 1. The molecule has 0 spiro atoms. The average Bonchev–Trinajstić information content (AvgIpc) is 3.07. The van der Waals surface area contributed by atoms with E-state index in [0.717, 1.165) is 17.3 Å². The fraction of sp³-hybridized carbons (Fsp3) is 0.333. The van der Waals surface area contributed by atoms with Gasteiger partial charge in [-0.3, -0.25) is 4.79 Å². The highest BCUT2D eigenvalue weighted by Gasteiger charge is 2.28. The predicted molar refractivity (Wildman–Crippen MR) is 83.4 cm³/mol. The highest BCUT2D eigenvalue weighted by atomic mass is 32.1. The molecule has 0 fully saturated rings. The third-order valence-electron chi connectivity index (χ3n) is 3.95. The van der Waals surface area contributed by atoms with Crippen molar-refractivity contribution in [3.8, 4) is 0 Å². The number of rotatable bonds is 4. The molecule has 1 aliphatic rings. The van der Waals surface area contributed by atoms with E-state index in [9.17, 15) is 18.0 Å². The quantitative estimate of drug-likeness (QED) is 0.820. The van der Waals surface area contributed by atoms with E-state index in [4.69, 9.17) is 11.5 Å². The molecule has 0 saturated carbocycles. The van der Waals surface area contributed by atoms with Crippen LogP contribution in [0.4, 0.5) is 18.2 Å². The van der Waals surface area contributed by atoms with Gasteiger partial charge in [0.2, 0.25) is 5.91 Å². The minimum atomic E-state index is -1.26. The highest BCUT2D eigenvalue weighted by molar-refractivity contribution is 7.10. The van der Waals surface area contributed by atoms with Crippen LogP contribution >= 0.6 is 11.5 Å².